The van der Waals surface area contributed by atoms with Gasteiger partial charge in [-0.2, -0.15) is 5.26 Å². The van der Waals surface area contributed by atoms with E-state index in [0.717, 1.165) is 12.0 Å². The zero-order valence-electron chi connectivity index (χ0n) is 13.3. The summed E-state index contributed by atoms with van der Waals surface area (Å²) in [6.07, 6.45) is 2.09. The van der Waals surface area contributed by atoms with E-state index in [1.807, 2.05) is 24.3 Å². The lowest BCUT2D eigenvalue weighted by atomic mass is 9.93. The Kier molecular flexibility index (Phi) is 5.22. The Morgan fingerprint density at radius 3 is 2.50 bits per heavy atom. The van der Waals surface area contributed by atoms with E-state index in [1.54, 1.807) is 4.31 Å². The molecule has 3 atom stereocenters. The maximum absolute atomic E-state index is 11.6. The highest BCUT2D eigenvalue weighted by Gasteiger charge is 2.31. The van der Waals surface area contributed by atoms with Gasteiger partial charge in [-0.1, -0.05) is 19.1 Å². The molecule has 1 heterocycles. The molecule has 0 amide bonds. The van der Waals surface area contributed by atoms with Crippen LogP contribution in [0, 0.1) is 17.2 Å². The maximum Gasteiger partial charge on any atom is 0.211 e. The molecule has 0 aliphatic carbocycles. The second-order valence-corrected chi connectivity index (χ2v) is 8.10. The number of sulfonamides is 1. The van der Waals surface area contributed by atoms with Crippen molar-refractivity contribution in [1.82, 2.24) is 9.62 Å². The van der Waals surface area contributed by atoms with Crippen molar-refractivity contribution in [3.63, 3.8) is 0 Å². The van der Waals surface area contributed by atoms with E-state index in [2.05, 4.69) is 25.2 Å². The van der Waals surface area contributed by atoms with Crippen LogP contribution in [0.5, 0.6) is 0 Å². The van der Waals surface area contributed by atoms with Gasteiger partial charge in [0, 0.05) is 25.2 Å². The second-order valence-electron chi connectivity index (χ2n) is 6.12. The summed E-state index contributed by atoms with van der Waals surface area (Å²) in [4.78, 5) is 0. The smallest absolute Gasteiger partial charge is 0.211 e. The van der Waals surface area contributed by atoms with Gasteiger partial charge in [0.05, 0.1) is 17.9 Å². The Morgan fingerprint density at radius 1 is 1.36 bits per heavy atom. The summed E-state index contributed by atoms with van der Waals surface area (Å²) in [6.45, 7) is 5.31. The van der Waals surface area contributed by atoms with Crippen LogP contribution in [-0.4, -0.2) is 38.1 Å². The summed E-state index contributed by atoms with van der Waals surface area (Å²) in [5, 5.41) is 12.4. The molecule has 22 heavy (non-hydrogen) atoms. The third kappa shape index (κ3) is 4.07. The van der Waals surface area contributed by atoms with E-state index in [1.165, 1.54) is 6.26 Å². The first kappa shape index (κ1) is 16.9. The molecule has 0 spiro atoms. The molecule has 1 saturated heterocycles. The third-order valence-electron chi connectivity index (χ3n) is 4.34. The Hall–Kier alpha value is -1.42. The van der Waals surface area contributed by atoms with E-state index < -0.39 is 10.0 Å². The molecule has 0 bridgehead atoms. The van der Waals surface area contributed by atoms with Crippen LogP contribution in [0.3, 0.4) is 0 Å². The first-order valence-electron chi connectivity index (χ1n) is 7.52. The van der Waals surface area contributed by atoms with Gasteiger partial charge in [0.25, 0.3) is 0 Å². The predicted octanol–water partition coefficient (Wildman–Crippen LogP) is 1.88. The van der Waals surface area contributed by atoms with Gasteiger partial charge in [-0.15, -0.1) is 0 Å². The molecular formula is C16H23N3O2S. The van der Waals surface area contributed by atoms with Crippen LogP contribution in [0.4, 0.5) is 0 Å². The van der Waals surface area contributed by atoms with Gasteiger partial charge >= 0.3 is 0 Å². The van der Waals surface area contributed by atoms with Crippen LogP contribution < -0.4 is 5.32 Å². The van der Waals surface area contributed by atoms with E-state index >= 15 is 0 Å². The van der Waals surface area contributed by atoms with Crippen LogP contribution in [0.25, 0.3) is 0 Å². The molecular weight excluding hydrogens is 298 g/mol. The number of rotatable bonds is 4. The Bertz CT molecular complexity index is 649. The summed E-state index contributed by atoms with van der Waals surface area (Å²) in [7, 11) is -3.10. The van der Waals surface area contributed by atoms with E-state index in [4.69, 9.17) is 5.26 Å². The second kappa shape index (κ2) is 6.78. The van der Waals surface area contributed by atoms with Crippen molar-refractivity contribution in [2.75, 3.05) is 19.3 Å². The minimum Gasteiger partial charge on any atom is -0.307 e. The summed E-state index contributed by atoms with van der Waals surface area (Å²) < 4.78 is 24.8. The summed E-state index contributed by atoms with van der Waals surface area (Å²) in [6, 6.07) is 10.2. The van der Waals surface area contributed by atoms with E-state index in [9.17, 15) is 8.42 Å². The molecule has 120 valence electrons. The molecule has 1 aliphatic heterocycles. The molecule has 6 heteroatoms. The fraction of sp³-hybridized carbons (Fsp3) is 0.562. The fourth-order valence-electron chi connectivity index (χ4n) is 2.92. The minimum atomic E-state index is -3.10. The number of nitrogens with one attached hydrogen (secondary N) is 1. The monoisotopic (exact) mass is 321 g/mol. The molecule has 1 fully saturated rings. The number of piperidine rings is 1. The lowest BCUT2D eigenvalue weighted by Crippen LogP contribution is -2.50. The highest BCUT2D eigenvalue weighted by atomic mass is 32.2. The molecule has 2 rings (SSSR count). The van der Waals surface area contributed by atoms with Crippen molar-refractivity contribution < 1.29 is 8.42 Å². The lowest BCUT2D eigenvalue weighted by Gasteiger charge is -2.37. The molecule has 5 nitrogen and oxygen atoms in total. The van der Waals surface area contributed by atoms with Crippen molar-refractivity contribution in [2.45, 2.75) is 32.4 Å². The SMILES string of the molecule is C[C@H](N[C@@H]1CCN(S(C)(=O)=O)C[C@H]1C)c1ccc(C#N)cc1. The first-order valence-corrected chi connectivity index (χ1v) is 9.37. The largest absolute Gasteiger partial charge is 0.307 e. The zero-order chi connectivity index (χ0) is 16.3. The van der Waals surface area contributed by atoms with Crippen molar-refractivity contribution >= 4 is 10.0 Å². The lowest BCUT2D eigenvalue weighted by molar-refractivity contribution is 0.210. The van der Waals surface area contributed by atoms with Crippen LogP contribution in [-0.2, 0) is 10.0 Å². The number of hydrogen-bond donors (Lipinski definition) is 1. The van der Waals surface area contributed by atoms with Gasteiger partial charge in [-0.25, -0.2) is 12.7 Å². The van der Waals surface area contributed by atoms with E-state index in [0.29, 0.717) is 24.7 Å². The quantitative estimate of drug-likeness (QED) is 0.919. The fourth-order valence-corrected chi connectivity index (χ4v) is 3.86. The van der Waals surface area contributed by atoms with Crippen molar-refractivity contribution in [1.29, 1.82) is 5.26 Å². The Labute approximate surface area is 133 Å². The van der Waals surface area contributed by atoms with Crippen molar-refractivity contribution in [3.05, 3.63) is 35.4 Å². The summed E-state index contributed by atoms with van der Waals surface area (Å²) in [5.74, 6) is 0.268. The van der Waals surface area contributed by atoms with Gasteiger partial charge in [0.1, 0.15) is 0 Å². The van der Waals surface area contributed by atoms with Crippen LogP contribution in [0.2, 0.25) is 0 Å². The van der Waals surface area contributed by atoms with Crippen molar-refractivity contribution in [2.24, 2.45) is 5.92 Å². The molecule has 1 N–H and O–H groups in total. The Morgan fingerprint density at radius 2 is 2.00 bits per heavy atom. The summed E-state index contributed by atoms with van der Waals surface area (Å²) in [5.41, 5.74) is 1.79. The average molecular weight is 321 g/mol. The van der Waals surface area contributed by atoms with Crippen LogP contribution in [0.15, 0.2) is 24.3 Å². The van der Waals surface area contributed by atoms with Gasteiger partial charge in [-0.05, 0) is 37.0 Å². The van der Waals surface area contributed by atoms with Crippen LogP contribution >= 0.6 is 0 Å². The molecule has 1 aliphatic rings. The molecule has 0 aromatic heterocycles. The first-order chi connectivity index (χ1) is 10.3. The molecule has 1 aromatic carbocycles. The van der Waals surface area contributed by atoms with Gasteiger partial charge in [0.2, 0.25) is 10.0 Å². The zero-order valence-corrected chi connectivity index (χ0v) is 14.1. The molecule has 0 saturated carbocycles. The van der Waals surface area contributed by atoms with Gasteiger partial charge in [0.15, 0.2) is 0 Å². The molecule has 1 aromatic rings. The van der Waals surface area contributed by atoms with E-state index in [-0.39, 0.29) is 12.0 Å². The van der Waals surface area contributed by atoms with Crippen LogP contribution in [0.1, 0.15) is 37.4 Å². The number of hydrogen-bond acceptors (Lipinski definition) is 4. The average Bonchev–Trinajstić information content (AvgIpc) is 2.48. The summed E-state index contributed by atoms with van der Waals surface area (Å²) >= 11 is 0. The third-order valence-corrected chi connectivity index (χ3v) is 5.61. The molecule has 0 unspecified atom stereocenters. The predicted molar refractivity (Wildman–Crippen MR) is 86.7 cm³/mol. The number of nitriles is 1. The number of nitrogens with zero attached hydrogens (tertiary/aromatic N) is 2. The van der Waals surface area contributed by atoms with Crippen molar-refractivity contribution in [3.8, 4) is 6.07 Å². The minimum absolute atomic E-state index is 0.171. The highest BCUT2D eigenvalue weighted by Crippen LogP contribution is 2.22. The highest BCUT2D eigenvalue weighted by molar-refractivity contribution is 7.88. The molecule has 0 radical (unpaired) electrons. The Balaban J connectivity index is 1.97. The topological polar surface area (TPSA) is 73.2 Å². The normalized spacial score (nSPS) is 24.6. The maximum atomic E-state index is 11.6. The standard InChI is InChI=1S/C16H23N3O2S/c1-12-11-19(22(3,20)21)9-8-16(12)18-13(2)15-6-4-14(10-17)5-7-15/h4-7,12-13,16,18H,8-9,11H2,1-3H3/t12-,13+,16-/m1/s1. The number of benzene rings is 1. The van der Waals surface area contributed by atoms with Gasteiger partial charge in [-0.3, -0.25) is 0 Å². The van der Waals surface area contributed by atoms with Gasteiger partial charge < -0.3 is 5.32 Å².